The summed E-state index contributed by atoms with van der Waals surface area (Å²) in [5.41, 5.74) is 8.94. The van der Waals surface area contributed by atoms with Crippen LogP contribution >= 0.6 is 11.8 Å². The fraction of sp³-hybridized carbons (Fsp3) is 0.389. The number of anilines is 2. The Balaban J connectivity index is 1.44. The Morgan fingerprint density at radius 3 is 2.88 bits per heavy atom. The van der Waals surface area contributed by atoms with E-state index in [1.807, 2.05) is 18.2 Å². The van der Waals surface area contributed by atoms with Crippen LogP contribution in [-0.4, -0.2) is 28.5 Å². The number of carbonyl (C=O) groups is 2. The molecule has 0 spiro atoms. The number of carbonyl (C=O) groups excluding carboxylic acids is 2. The number of fused-ring (bicyclic) bond motifs is 1. The second-order valence-electron chi connectivity index (χ2n) is 6.33. The zero-order valence-electron chi connectivity index (χ0n) is 14.6. The number of benzene rings is 1. The third kappa shape index (κ3) is 4.78. The van der Waals surface area contributed by atoms with Gasteiger partial charge in [0.05, 0.1) is 17.5 Å². The minimum absolute atomic E-state index is 0.0133. The number of aromatic nitrogens is 1. The van der Waals surface area contributed by atoms with Crippen molar-refractivity contribution in [3.63, 3.8) is 0 Å². The van der Waals surface area contributed by atoms with E-state index in [0.717, 1.165) is 30.5 Å². The lowest BCUT2D eigenvalue weighted by molar-refractivity contribution is -0.119. The summed E-state index contributed by atoms with van der Waals surface area (Å²) >= 11 is 1.27. The van der Waals surface area contributed by atoms with Crippen molar-refractivity contribution < 1.29 is 14.1 Å². The van der Waals surface area contributed by atoms with E-state index in [1.165, 1.54) is 17.3 Å². The number of hydrogen-bond acceptors (Lipinski definition) is 6. The Morgan fingerprint density at radius 2 is 2.12 bits per heavy atom. The summed E-state index contributed by atoms with van der Waals surface area (Å²) in [5, 5.41) is 9.39. The summed E-state index contributed by atoms with van der Waals surface area (Å²) in [6.45, 7) is 1.75. The lowest BCUT2D eigenvalue weighted by atomic mass is 9.87. The van der Waals surface area contributed by atoms with Crippen molar-refractivity contribution in [2.45, 2.75) is 32.2 Å². The van der Waals surface area contributed by atoms with Crippen LogP contribution in [0.25, 0.3) is 0 Å². The van der Waals surface area contributed by atoms with Gasteiger partial charge in [0.2, 0.25) is 11.8 Å². The predicted octanol–water partition coefficient (Wildman–Crippen LogP) is 2.43. The van der Waals surface area contributed by atoms with Gasteiger partial charge in [-0.25, -0.2) is 0 Å². The van der Waals surface area contributed by atoms with Crippen LogP contribution in [0.15, 0.2) is 28.8 Å². The van der Waals surface area contributed by atoms with Crippen molar-refractivity contribution in [3.05, 3.63) is 41.2 Å². The van der Waals surface area contributed by atoms with Gasteiger partial charge in [-0.2, -0.15) is 0 Å². The molecule has 26 heavy (non-hydrogen) atoms. The Labute approximate surface area is 156 Å². The van der Waals surface area contributed by atoms with Gasteiger partial charge in [-0.15, -0.1) is 11.8 Å². The van der Waals surface area contributed by atoms with E-state index in [2.05, 4.69) is 15.8 Å². The van der Waals surface area contributed by atoms with Crippen LogP contribution in [-0.2, 0) is 16.0 Å². The Hall–Kier alpha value is -2.48. The first-order valence-corrected chi connectivity index (χ1v) is 9.65. The van der Waals surface area contributed by atoms with Crippen molar-refractivity contribution in [1.82, 2.24) is 10.5 Å². The number of aryl methyl sites for hydroxylation is 2. The molecular formula is C18H22N4O3S. The smallest absolute Gasteiger partial charge is 0.235 e. The lowest BCUT2D eigenvalue weighted by Crippen LogP contribution is -2.32. The van der Waals surface area contributed by atoms with Crippen LogP contribution in [0.2, 0.25) is 0 Å². The molecule has 0 saturated heterocycles. The minimum atomic E-state index is -0.213. The standard InChI is InChI=1S/C18H22N4O3S/c1-11-7-16(22-25-11)21-18(24)10-26-9-17(23)20-15-4-2-3-12-8-13(19)5-6-14(12)15/h5-8,15H,2-4,9-10,19H2,1H3,(H,20,23)(H,21,22,24). The zero-order chi connectivity index (χ0) is 18.5. The van der Waals surface area contributed by atoms with Crippen LogP contribution in [0.4, 0.5) is 11.5 Å². The first-order valence-electron chi connectivity index (χ1n) is 8.50. The number of hydrogen-bond donors (Lipinski definition) is 3. The van der Waals surface area contributed by atoms with Crippen molar-refractivity contribution in [1.29, 1.82) is 0 Å². The van der Waals surface area contributed by atoms with E-state index >= 15 is 0 Å². The molecule has 0 radical (unpaired) electrons. The molecule has 7 nitrogen and oxygen atoms in total. The highest BCUT2D eigenvalue weighted by Gasteiger charge is 2.21. The summed E-state index contributed by atoms with van der Waals surface area (Å²) in [6.07, 6.45) is 2.93. The van der Waals surface area contributed by atoms with Gasteiger partial charge in [-0.05, 0) is 49.4 Å². The van der Waals surface area contributed by atoms with Gasteiger partial charge >= 0.3 is 0 Å². The third-order valence-corrected chi connectivity index (χ3v) is 5.11. The topological polar surface area (TPSA) is 110 Å². The van der Waals surface area contributed by atoms with Crippen LogP contribution in [0.1, 0.15) is 35.8 Å². The highest BCUT2D eigenvalue weighted by atomic mass is 32.2. The predicted molar refractivity (Wildman–Crippen MR) is 102 cm³/mol. The minimum Gasteiger partial charge on any atom is -0.399 e. The maximum absolute atomic E-state index is 12.2. The molecule has 1 atom stereocenters. The molecule has 8 heteroatoms. The molecule has 1 aromatic heterocycles. The van der Waals surface area contributed by atoms with Crippen molar-refractivity contribution in [3.8, 4) is 0 Å². The van der Waals surface area contributed by atoms with Gasteiger partial charge in [0, 0.05) is 11.8 Å². The van der Waals surface area contributed by atoms with E-state index in [9.17, 15) is 9.59 Å². The molecule has 1 unspecified atom stereocenters. The molecule has 1 aromatic carbocycles. The van der Waals surface area contributed by atoms with Crippen LogP contribution in [0.3, 0.4) is 0 Å². The molecule has 2 aromatic rings. The molecular weight excluding hydrogens is 352 g/mol. The fourth-order valence-corrected chi connectivity index (χ4v) is 3.69. The molecule has 0 saturated carbocycles. The fourth-order valence-electron chi connectivity index (χ4n) is 3.06. The van der Waals surface area contributed by atoms with Crippen molar-refractivity contribution >= 4 is 35.1 Å². The Bertz CT molecular complexity index is 805. The van der Waals surface area contributed by atoms with Crippen molar-refractivity contribution in [2.75, 3.05) is 22.6 Å². The van der Waals surface area contributed by atoms with Gasteiger partial charge in [-0.3, -0.25) is 9.59 Å². The van der Waals surface area contributed by atoms with E-state index < -0.39 is 0 Å². The molecule has 0 aliphatic heterocycles. The van der Waals surface area contributed by atoms with E-state index in [0.29, 0.717) is 11.6 Å². The lowest BCUT2D eigenvalue weighted by Gasteiger charge is -2.26. The second kappa shape index (κ2) is 8.27. The zero-order valence-corrected chi connectivity index (χ0v) is 15.4. The van der Waals surface area contributed by atoms with Gasteiger partial charge in [0.1, 0.15) is 5.76 Å². The summed E-state index contributed by atoms with van der Waals surface area (Å²) < 4.78 is 4.89. The van der Waals surface area contributed by atoms with E-state index in [4.69, 9.17) is 10.3 Å². The second-order valence-corrected chi connectivity index (χ2v) is 7.32. The molecule has 138 valence electrons. The van der Waals surface area contributed by atoms with E-state index in [-0.39, 0.29) is 29.4 Å². The molecule has 1 aliphatic carbocycles. The normalized spacial score (nSPS) is 16.0. The van der Waals surface area contributed by atoms with Crippen LogP contribution < -0.4 is 16.4 Å². The summed E-state index contributed by atoms with van der Waals surface area (Å²) in [7, 11) is 0. The molecule has 4 N–H and O–H groups in total. The maximum atomic E-state index is 12.2. The molecule has 0 bridgehead atoms. The van der Waals surface area contributed by atoms with Crippen molar-refractivity contribution in [2.24, 2.45) is 0 Å². The maximum Gasteiger partial charge on any atom is 0.235 e. The summed E-state index contributed by atoms with van der Waals surface area (Å²) in [6, 6.07) is 7.50. The average Bonchev–Trinajstić information content (AvgIpc) is 2.99. The van der Waals surface area contributed by atoms with Crippen LogP contribution in [0, 0.1) is 6.92 Å². The molecule has 1 aliphatic rings. The number of amides is 2. The number of thioether (sulfide) groups is 1. The summed E-state index contributed by atoms with van der Waals surface area (Å²) in [5.74, 6) is 1.13. The van der Waals surface area contributed by atoms with Gasteiger partial charge in [0.15, 0.2) is 5.82 Å². The average molecular weight is 374 g/mol. The highest BCUT2D eigenvalue weighted by Crippen LogP contribution is 2.31. The number of rotatable bonds is 6. The van der Waals surface area contributed by atoms with Crippen LogP contribution in [0.5, 0.6) is 0 Å². The quantitative estimate of drug-likeness (QED) is 0.670. The monoisotopic (exact) mass is 374 g/mol. The first kappa shape index (κ1) is 18.3. The van der Waals surface area contributed by atoms with Gasteiger partial charge in [-0.1, -0.05) is 11.2 Å². The molecule has 0 fully saturated rings. The molecule has 3 rings (SSSR count). The Kier molecular flexibility index (Phi) is 5.82. The number of nitrogens with two attached hydrogens (primary N) is 1. The van der Waals surface area contributed by atoms with E-state index in [1.54, 1.807) is 13.0 Å². The first-order chi connectivity index (χ1) is 12.5. The number of nitrogen functional groups attached to an aromatic ring is 1. The molecule has 1 heterocycles. The van der Waals surface area contributed by atoms with Gasteiger partial charge in [0.25, 0.3) is 0 Å². The number of nitrogens with zero attached hydrogens (tertiary/aromatic N) is 1. The third-order valence-electron chi connectivity index (χ3n) is 4.18. The molecule has 2 amide bonds. The highest BCUT2D eigenvalue weighted by molar-refractivity contribution is 8.00. The van der Waals surface area contributed by atoms with Gasteiger partial charge < -0.3 is 20.9 Å². The SMILES string of the molecule is Cc1cc(NC(=O)CSCC(=O)NC2CCCc3cc(N)ccc32)no1. The Morgan fingerprint density at radius 1 is 1.31 bits per heavy atom. The number of nitrogens with one attached hydrogen (secondary N) is 2. The largest absolute Gasteiger partial charge is 0.399 e. The summed E-state index contributed by atoms with van der Waals surface area (Å²) in [4.78, 5) is 24.0.